The molecule has 2 aliphatic heterocycles. The van der Waals surface area contributed by atoms with E-state index >= 15 is 0 Å². The molecule has 1 saturated carbocycles. The van der Waals surface area contributed by atoms with Crippen molar-refractivity contribution in [3.63, 3.8) is 0 Å². The number of aliphatic carboxylic acids is 1. The number of carbonyl (C=O) groups is 1. The number of pyridine rings is 1. The second-order valence-electron chi connectivity index (χ2n) is 8.41. The molecule has 1 N–H and O–H groups in total. The number of piperidine rings is 1. The van der Waals surface area contributed by atoms with Crippen LogP contribution in [-0.2, 0) is 20.8 Å². The Morgan fingerprint density at radius 1 is 1.33 bits per heavy atom. The third-order valence-electron chi connectivity index (χ3n) is 5.86. The summed E-state index contributed by atoms with van der Waals surface area (Å²) in [6.45, 7) is 5.87. The number of fused-ring (bicyclic) bond motifs is 1. The predicted octanol–water partition coefficient (Wildman–Crippen LogP) is 3.51. The molecule has 2 unspecified atom stereocenters. The number of likely N-dealkylation sites (tertiary alicyclic amines) is 1. The lowest BCUT2D eigenvalue weighted by Crippen LogP contribution is -2.56. The van der Waals surface area contributed by atoms with E-state index in [-0.39, 0.29) is 5.41 Å². The van der Waals surface area contributed by atoms with E-state index in [0.29, 0.717) is 6.10 Å². The lowest BCUT2D eigenvalue weighted by Gasteiger charge is -2.50. The zero-order valence-electron chi connectivity index (χ0n) is 16.9. The first-order valence-electron chi connectivity index (χ1n) is 10.4. The van der Waals surface area contributed by atoms with Crippen molar-refractivity contribution in [1.82, 2.24) is 9.88 Å². The number of carboxylic acids is 1. The first kappa shape index (κ1) is 23.0. The van der Waals surface area contributed by atoms with Crippen LogP contribution in [0.15, 0.2) is 24.4 Å². The molecule has 3 aliphatic rings. The van der Waals surface area contributed by atoms with Gasteiger partial charge in [0.25, 0.3) is 0 Å². The smallest absolute Gasteiger partial charge is 0.475 e. The Balaban J connectivity index is 0.000000318. The van der Waals surface area contributed by atoms with Gasteiger partial charge in [0.15, 0.2) is 0 Å². The zero-order valence-corrected chi connectivity index (χ0v) is 16.9. The molecule has 2 saturated heterocycles. The van der Waals surface area contributed by atoms with Crippen LogP contribution in [0.3, 0.4) is 0 Å². The van der Waals surface area contributed by atoms with E-state index < -0.39 is 12.1 Å². The number of hydrogen-bond donors (Lipinski definition) is 1. The van der Waals surface area contributed by atoms with E-state index in [1.54, 1.807) is 0 Å². The molecule has 1 aromatic heterocycles. The van der Waals surface area contributed by atoms with Gasteiger partial charge in [-0.15, -0.1) is 0 Å². The number of carboxylic acid groups (broad SMARTS) is 1. The monoisotopic (exact) mass is 430 g/mol. The normalized spacial score (nSPS) is 27.0. The molecule has 3 heterocycles. The summed E-state index contributed by atoms with van der Waals surface area (Å²) >= 11 is 0. The van der Waals surface area contributed by atoms with Gasteiger partial charge in [-0.3, -0.25) is 9.88 Å². The van der Waals surface area contributed by atoms with Crippen LogP contribution >= 0.6 is 0 Å². The second kappa shape index (κ2) is 10.1. The van der Waals surface area contributed by atoms with Crippen LogP contribution in [0.25, 0.3) is 0 Å². The highest BCUT2D eigenvalue weighted by Crippen LogP contribution is 2.41. The van der Waals surface area contributed by atoms with Crippen molar-refractivity contribution >= 4 is 5.97 Å². The van der Waals surface area contributed by atoms with Gasteiger partial charge in [-0.1, -0.05) is 6.07 Å². The fraction of sp³-hybridized carbons (Fsp3) is 0.714. The summed E-state index contributed by atoms with van der Waals surface area (Å²) in [5, 5.41) is 7.12. The Bertz CT molecular complexity index is 685. The van der Waals surface area contributed by atoms with Crippen LogP contribution in [0, 0.1) is 11.3 Å². The van der Waals surface area contributed by atoms with Crippen molar-refractivity contribution < 1.29 is 32.5 Å². The van der Waals surface area contributed by atoms with Gasteiger partial charge in [0.05, 0.1) is 18.4 Å². The van der Waals surface area contributed by atoms with Gasteiger partial charge in [-0.25, -0.2) is 4.79 Å². The molecule has 168 valence electrons. The van der Waals surface area contributed by atoms with Gasteiger partial charge in [0, 0.05) is 44.5 Å². The van der Waals surface area contributed by atoms with Crippen LogP contribution in [0.5, 0.6) is 0 Å². The van der Waals surface area contributed by atoms with E-state index in [9.17, 15) is 13.2 Å². The molecule has 0 radical (unpaired) electrons. The molecule has 0 bridgehead atoms. The van der Waals surface area contributed by atoms with Gasteiger partial charge in [-0.2, -0.15) is 13.2 Å². The molecule has 2 atom stereocenters. The highest BCUT2D eigenvalue weighted by atomic mass is 19.4. The Morgan fingerprint density at radius 3 is 2.73 bits per heavy atom. The second-order valence-corrected chi connectivity index (χ2v) is 8.41. The highest BCUT2D eigenvalue weighted by molar-refractivity contribution is 5.73. The number of ether oxygens (including phenoxy) is 2. The number of rotatable bonds is 6. The molecule has 1 aromatic rings. The highest BCUT2D eigenvalue weighted by Gasteiger charge is 2.46. The SMILES string of the molecule is O=C(O)C(F)(F)F.c1ccc(CN2CCC3OCCCC3(COCC3CC3)C2)nc1. The van der Waals surface area contributed by atoms with Crippen molar-refractivity contribution in [2.75, 3.05) is 32.9 Å². The maximum Gasteiger partial charge on any atom is 0.490 e. The lowest BCUT2D eigenvalue weighted by molar-refractivity contribution is -0.192. The minimum absolute atomic E-state index is 0.195. The summed E-state index contributed by atoms with van der Waals surface area (Å²) in [4.78, 5) is 15.9. The molecule has 0 amide bonds. The Hall–Kier alpha value is -1.71. The van der Waals surface area contributed by atoms with Crippen molar-refractivity contribution in [3.8, 4) is 0 Å². The number of nitrogens with zero attached hydrogens (tertiary/aromatic N) is 2. The van der Waals surface area contributed by atoms with E-state index in [1.165, 1.54) is 25.7 Å². The van der Waals surface area contributed by atoms with Gasteiger partial charge in [0.1, 0.15) is 0 Å². The first-order valence-corrected chi connectivity index (χ1v) is 10.4. The van der Waals surface area contributed by atoms with Crippen LogP contribution in [0.4, 0.5) is 13.2 Å². The zero-order chi connectivity index (χ0) is 21.6. The minimum atomic E-state index is -5.08. The Kier molecular flexibility index (Phi) is 7.70. The molecule has 0 spiro atoms. The van der Waals surface area contributed by atoms with E-state index in [0.717, 1.165) is 57.5 Å². The number of halogens is 3. The fourth-order valence-corrected chi connectivity index (χ4v) is 4.16. The van der Waals surface area contributed by atoms with Gasteiger partial charge in [0.2, 0.25) is 0 Å². The average Bonchev–Trinajstić information content (AvgIpc) is 3.53. The van der Waals surface area contributed by atoms with Gasteiger partial charge < -0.3 is 14.6 Å². The molecular formula is C21H29F3N2O4. The maximum absolute atomic E-state index is 10.6. The summed E-state index contributed by atoms with van der Waals surface area (Å²) in [5.41, 5.74) is 1.36. The van der Waals surface area contributed by atoms with Gasteiger partial charge in [-0.05, 0) is 50.2 Å². The third-order valence-corrected chi connectivity index (χ3v) is 5.86. The number of alkyl halides is 3. The maximum atomic E-state index is 10.6. The lowest BCUT2D eigenvalue weighted by atomic mass is 9.73. The Morgan fingerprint density at radius 2 is 2.10 bits per heavy atom. The van der Waals surface area contributed by atoms with Crippen molar-refractivity contribution in [2.24, 2.45) is 11.3 Å². The van der Waals surface area contributed by atoms with Crippen LogP contribution < -0.4 is 0 Å². The molecule has 1 aliphatic carbocycles. The average molecular weight is 430 g/mol. The number of hydrogen-bond acceptors (Lipinski definition) is 5. The van der Waals surface area contributed by atoms with Gasteiger partial charge >= 0.3 is 12.1 Å². The topological polar surface area (TPSA) is 71.9 Å². The molecule has 6 nitrogen and oxygen atoms in total. The largest absolute Gasteiger partial charge is 0.490 e. The molecule has 9 heteroatoms. The van der Waals surface area contributed by atoms with Crippen molar-refractivity contribution in [2.45, 2.75) is 50.9 Å². The third kappa shape index (κ3) is 6.65. The molecule has 3 fully saturated rings. The summed E-state index contributed by atoms with van der Waals surface area (Å²) in [5.74, 6) is -1.92. The fourth-order valence-electron chi connectivity index (χ4n) is 4.16. The van der Waals surface area contributed by atoms with E-state index in [2.05, 4.69) is 22.0 Å². The summed E-state index contributed by atoms with van der Waals surface area (Å²) < 4.78 is 44.0. The van der Waals surface area contributed by atoms with Crippen molar-refractivity contribution in [1.29, 1.82) is 0 Å². The van der Waals surface area contributed by atoms with E-state index in [4.69, 9.17) is 19.4 Å². The van der Waals surface area contributed by atoms with Crippen molar-refractivity contribution in [3.05, 3.63) is 30.1 Å². The summed E-state index contributed by atoms with van der Waals surface area (Å²) in [6.07, 6.45) is 3.44. The molecule has 0 aromatic carbocycles. The minimum Gasteiger partial charge on any atom is -0.475 e. The van der Waals surface area contributed by atoms with E-state index in [1.807, 2.05) is 12.3 Å². The van der Waals surface area contributed by atoms with Crippen LogP contribution in [0.1, 0.15) is 37.8 Å². The predicted molar refractivity (Wildman–Crippen MR) is 103 cm³/mol. The Labute approximate surface area is 174 Å². The standard InChI is InChI=1S/C19H28N2O2.C2HF3O2/c1-2-9-20-17(4-1)12-21-10-7-18-19(14-21,8-3-11-23-18)15-22-13-16-5-6-16;3-2(4,5)1(6)7/h1-2,4,9,16,18H,3,5-8,10-15H2;(H,6,7). The molecular weight excluding hydrogens is 401 g/mol. The quantitative estimate of drug-likeness (QED) is 0.745. The van der Waals surface area contributed by atoms with Crippen LogP contribution in [-0.4, -0.2) is 66.2 Å². The summed E-state index contributed by atoms with van der Waals surface area (Å²) in [7, 11) is 0. The molecule has 4 rings (SSSR count). The molecule has 30 heavy (non-hydrogen) atoms. The van der Waals surface area contributed by atoms with Crippen LogP contribution in [0.2, 0.25) is 0 Å². The summed E-state index contributed by atoms with van der Waals surface area (Å²) in [6, 6.07) is 6.19. The first-order chi connectivity index (χ1) is 14.3. The number of aromatic nitrogens is 1.